The Kier molecular flexibility index (Phi) is 4.79. The highest BCUT2D eigenvalue weighted by molar-refractivity contribution is 6.69. The van der Waals surface area contributed by atoms with E-state index in [0.29, 0.717) is 6.61 Å². The van der Waals surface area contributed by atoms with E-state index < -0.39 is 13.7 Å². The smallest absolute Gasteiger partial charge is 0.311 e. The number of esters is 1. The van der Waals surface area contributed by atoms with Crippen molar-refractivity contribution in [2.75, 3.05) is 6.61 Å². The van der Waals surface area contributed by atoms with Crippen LogP contribution in [0.1, 0.15) is 33.6 Å². The summed E-state index contributed by atoms with van der Waals surface area (Å²) in [5.41, 5.74) is -0.390. The van der Waals surface area contributed by atoms with E-state index in [1.165, 1.54) is 0 Å². The topological polar surface area (TPSA) is 46.5 Å². The first-order valence-corrected chi connectivity index (χ1v) is 8.68. The Morgan fingerprint density at radius 1 is 1.53 bits per heavy atom. The molecule has 0 bridgehead atoms. The number of carbonyl (C=O) groups excluding carboxylic acids is 1. The lowest BCUT2D eigenvalue weighted by atomic mass is 9.91. The lowest BCUT2D eigenvalue weighted by molar-refractivity contribution is -0.154. The first-order valence-electron chi connectivity index (χ1n) is 5.97. The molecule has 0 amide bonds. The molecule has 0 aromatic rings. The predicted octanol–water partition coefficient (Wildman–Crippen LogP) is 2.55. The second-order valence-corrected chi connectivity index (χ2v) is 9.26. The second kappa shape index (κ2) is 5.65. The highest BCUT2D eigenvalue weighted by Gasteiger charge is 2.27. The van der Waals surface area contributed by atoms with Crippen LogP contribution in [0.25, 0.3) is 0 Å². The maximum Gasteiger partial charge on any atom is 0.311 e. The molecule has 0 saturated heterocycles. The molecule has 90 valence electrons. The van der Waals surface area contributed by atoms with Crippen LogP contribution in [0.3, 0.4) is 0 Å². The fourth-order valence-electron chi connectivity index (χ4n) is 1.00. The van der Waals surface area contributed by atoms with Gasteiger partial charge in [0.25, 0.3) is 0 Å². The molecule has 1 N–H and O–H groups in total. The van der Waals surface area contributed by atoms with Crippen LogP contribution in [-0.2, 0) is 9.53 Å². The summed E-state index contributed by atoms with van der Waals surface area (Å²) in [6.07, 6.45) is 1.56. The lowest BCUT2D eigenvalue weighted by Crippen LogP contribution is -2.28. The third-order valence-corrected chi connectivity index (χ3v) is 4.15. The van der Waals surface area contributed by atoms with E-state index in [9.17, 15) is 4.79 Å². The van der Waals surface area contributed by atoms with Gasteiger partial charge in [0, 0.05) is 0 Å². The Balaban J connectivity index is 3.80. The largest absolute Gasteiger partial charge is 0.465 e. The van der Waals surface area contributed by atoms with Gasteiger partial charge in [-0.25, -0.2) is 0 Å². The van der Waals surface area contributed by atoms with E-state index in [2.05, 4.69) is 4.80 Å². The molecule has 0 saturated carbocycles. The summed E-state index contributed by atoms with van der Waals surface area (Å²) in [6, 6.07) is 0.844. The summed E-state index contributed by atoms with van der Waals surface area (Å²) in [7, 11) is -1.83. The van der Waals surface area contributed by atoms with E-state index in [1.54, 1.807) is 0 Å². The maximum absolute atomic E-state index is 11.6. The van der Waals surface area contributed by atoms with Gasteiger partial charge in [0.2, 0.25) is 0 Å². The molecule has 15 heavy (non-hydrogen) atoms. The minimum Gasteiger partial charge on any atom is -0.465 e. The highest BCUT2D eigenvalue weighted by Crippen LogP contribution is 2.21. The van der Waals surface area contributed by atoms with Crippen LogP contribution in [0, 0.1) is 5.41 Å². The number of hydrogen-bond acceptors (Lipinski definition) is 3. The van der Waals surface area contributed by atoms with Crippen LogP contribution in [0.4, 0.5) is 0 Å². The zero-order valence-corrected chi connectivity index (χ0v) is 11.6. The quantitative estimate of drug-likeness (QED) is 0.418. The van der Waals surface area contributed by atoms with E-state index in [0.717, 1.165) is 18.9 Å². The molecule has 0 aliphatic heterocycles. The second-order valence-electron chi connectivity index (χ2n) is 5.24. The zero-order chi connectivity index (χ0) is 12.8. The molecule has 0 rings (SSSR count). The number of rotatable bonds is 7. The summed E-state index contributed by atoms with van der Waals surface area (Å²) < 4.78 is 12.1. The SMILES string of the molecule is [3H]O[Si](C)(C)CCCOC(=O)C(C)(C)CC. The fourth-order valence-corrected chi connectivity index (χ4v) is 2.00. The van der Waals surface area contributed by atoms with Crippen molar-refractivity contribution < 1.29 is 14.3 Å². The van der Waals surface area contributed by atoms with Crippen LogP contribution in [-0.4, -0.2) is 27.1 Å². The van der Waals surface area contributed by atoms with Crippen molar-refractivity contribution in [3.8, 4) is 0 Å². The van der Waals surface area contributed by atoms with Crippen molar-refractivity contribution in [2.45, 2.75) is 52.8 Å². The van der Waals surface area contributed by atoms with Gasteiger partial charge in [-0.1, -0.05) is 6.92 Å². The zero-order valence-electron chi connectivity index (χ0n) is 11.6. The van der Waals surface area contributed by atoms with Gasteiger partial charge < -0.3 is 9.53 Å². The van der Waals surface area contributed by atoms with Crippen molar-refractivity contribution in [3.63, 3.8) is 0 Å². The summed E-state index contributed by atoms with van der Waals surface area (Å²) >= 11 is 0. The van der Waals surface area contributed by atoms with Crippen molar-refractivity contribution in [1.29, 1.82) is 1.43 Å². The van der Waals surface area contributed by atoms with Crippen molar-refractivity contribution in [3.05, 3.63) is 0 Å². The first-order chi connectivity index (χ1) is 7.25. The molecule has 0 aliphatic rings. The van der Waals surface area contributed by atoms with E-state index >= 15 is 0 Å². The van der Waals surface area contributed by atoms with E-state index in [4.69, 9.17) is 6.17 Å². The van der Waals surface area contributed by atoms with Gasteiger partial charge in [0.15, 0.2) is 9.75 Å². The van der Waals surface area contributed by atoms with Gasteiger partial charge in [-0.3, -0.25) is 4.79 Å². The van der Waals surface area contributed by atoms with Crippen LogP contribution < -0.4 is 0 Å². The van der Waals surface area contributed by atoms with Crippen molar-refractivity contribution >= 4 is 14.3 Å². The Morgan fingerprint density at radius 2 is 2.13 bits per heavy atom. The predicted molar refractivity (Wildman–Crippen MR) is 64.2 cm³/mol. The van der Waals surface area contributed by atoms with E-state index in [-0.39, 0.29) is 5.97 Å². The molecule has 4 heteroatoms. The van der Waals surface area contributed by atoms with E-state index in [1.807, 2.05) is 33.9 Å². The van der Waals surface area contributed by atoms with Crippen molar-refractivity contribution in [1.82, 2.24) is 0 Å². The summed E-state index contributed by atoms with van der Waals surface area (Å²) in [5, 5.41) is 0. The average molecular weight is 234 g/mol. The molecule has 0 aromatic heterocycles. The minimum atomic E-state index is -1.83. The standard InChI is InChI=1S/C11H24O3Si/c1-6-11(2,3)10(12)14-8-7-9-15(4,5)13/h13H,6-9H2,1-5H3/i13T. The summed E-state index contributed by atoms with van der Waals surface area (Å²) in [5.74, 6) is -0.138. The van der Waals surface area contributed by atoms with Crippen LogP contribution >= 0.6 is 0 Å². The molecule has 0 aliphatic carbocycles. The Bertz CT molecular complexity index is 229. The molecule has 0 unspecified atom stereocenters. The van der Waals surface area contributed by atoms with Gasteiger partial charge >= 0.3 is 5.97 Å². The Labute approximate surface area is 95.5 Å². The highest BCUT2D eigenvalue weighted by atomic mass is 28.4. The minimum absolute atomic E-state index is 0.138. The van der Waals surface area contributed by atoms with Crippen molar-refractivity contribution in [2.24, 2.45) is 5.41 Å². The Hall–Kier alpha value is -0.353. The summed E-state index contributed by atoms with van der Waals surface area (Å²) in [4.78, 5) is 16.3. The molecule has 0 spiro atoms. The Morgan fingerprint density at radius 3 is 2.60 bits per heavy atom. The third-order valence-electron chi connectivity index (χ3n) is 2.59. The molecule has 0 heterocycles. The van der Waals surface area contributed by atoms with Crippen LogP contribution in [0.15, 0.2) is 0 Å². The molecular weight excluding hydrogens is 208 g/mol. The fraction of sp³-hybridized carbons (Fsp3) is 0.909. The lowest BCUT2D eigenvalue weighted by Gasteiger charge is -2.20. The number of ether oxygens (including phenoxy) is 1. The monoisotopic (exact) mass is 234 g/mol. The molecular formula is C11H24O3Si. The number of hydrogen-bond donors (Lipinski definition) is 1. The van der Waals surface area contributed by atoms with Gasteiger partial charge in [0.05, 0.1) is 12.0 Å². The normalized spacial score (nSPS) is 13.5. The molecule has 0 aromatic carbocycles. The van der Waals surface area contributed by atoms with Gasteiger partial charge in [0.1, 0.15) is 0 Å². The van der Waals surface area contributed by atoms with Gasteiger partial charge in [-0.15, -0.1) is 0 Å². The molecule has 0 fully saturated rings. The molecule has 3 nitrogen and oxygen atoms in total. The van der Waals surface area contributed by atoms with Crippen LogP contribution in [0.5, 0.6) is 0 Å². The first kappa shape index (κ1) is 12.7. The average Bonchev–Trinajstić information content (AvgIpc) is 2.24. The number of carbonyl (C=O) groups is 1. The van der Waals surface area contributed by atoms with Crippen LogP contribution in [0.2, 0.25) is 19.1 Å². The molecule has 0 atom stereocenters. The summed E-state index contributed by atoms with van der Waals surface area (Å²) in [6.45, 7) is 10.2. The third kappa shape index (κ3) is 6.68. The van der Waals surface area contributed by atoms with Gasteiger partial charge in [-0.05, 0) is 45.8 Å². The maximum atomic E-state index is 11.6. The van der Waals surface area contributed by atoms with Gasteiger partial charge in [-0.2, -0.15) is 0 Å². The molecule has 0 radical (unpaired) electrons.